The van der Waals surface area contributed by atoms with Gasteiger partial charge in [-0.05, 0) is 25.5 Å². The van der Waals surface area contributed by atoms with Crippen LogP contribution in [0.3, 0.4) is 0 Å². The molecule has 0 aromatic carbocycles. The molecule has 19 heavy (non-hydrogen) atoms. The molecule has 1 amide bonds. The van der Waals surface area contributed by atoms with Crippen LogP contribution in [-0.2, 0) is 21.2 Å². The molecule has 5 nitrogen and oxygen atoms in total. The number of aromatic nitrogens is 1. The fourth-order valence-electron chi connectivity index (χ4n) is 2.27. The molecule has 106 valence electrons. The van der Waals surface area contributed by atoms with Gasteiger partial charge in [0.25, 0.3) is 0 Å². The molecule has 0 spiro atoms. The van der Waals surface area contributed by atoms with Crippen molar-refractivity contribution in [1.29, 1.82) is 0 Å². The first-order valence-electron chi connectivity index (χ1n) is 6.59. The summed E-state index contributed by atoms with van der Waals surface area (Å²) in [6.45, 7) is 3.18. The maximum Gasteiger partial charge on any atom is 0.222 e. The molecule has 1 atom stereocenters. The van der Waals surface area contributed by atoms with Gasteiger partial charge in [0.2, 0.25) is 5.91 Å². The molecular formula is C13H20N2O3S. The lowest BCUT2D eigenvalue weighted by molar-refractivity contribution is -0.131. The van der Waals surface area contributed by atoms with Crippen LogP contribution in [0.4, 0.5) is 0 Å². The number of rotatable bonds is 4. The third kappa shape index (κ3) is 3.59. The summed E-state index contributed by atoms with van der Waals surface area (Å²) in [6.07, 6.45) is 5.20. The van der Waals surface area contributed by atoms with Gasteiger partial charge in [0, 0.05) is 38.4 Å². The molecule has 1 aliphatic rings. The van der Waals surface area contributed by atoms with Gasteiger partial charge in [0.1, 0.15) is 0 Å². The van der Waals surface area contributed by atoms with Crippen molar-refractivity contribution in [3.8, 4) is 0 Å². The lowest BCUT2D eigenvalue weighted by atomic mass is 10.2. The van der Waals surface area contributed by atoms with E-state index in [1.165, 1.54) is 0 Å². The van der Waals surface area contributed by atoms with Crippen molar-refractivity contribution < 1.29 is 13.2 Å². The Kier molecular flexibility index (Phi) is 4.29. The summed E-state index contributed by atoms with van der Waals surface area (Å²) in [5.74, 6) is 0.159. The van der Waals surface area contributed by atoms with Crippen LogP contribution in [0.5, 0.6) is 0 Å². The summed E-state index contributed by atoms with van der Waals surface area (Å²) in [5.41, 5.74) is 0. The minimum atomic E-state index is -2.98. The highest BCUT2D eigenvalue weighted by Crippen LogP contribution is 2.13. The Labute approximate surface area is 114 Å². The van der Waals surface area contributed by atoms with Crippen LogP contribution < -0.4 is 0 Å². The van der Waals surface area contributed by atoms with Crippen molar-refractivity contribution in [2.24, 2.45) is 0 Å². The molecule has 2 rings (SSSR count). The van der Waals surface area contributed by atoms with Gasteiger partial charge in [0.15, 0.2) is 9.84 Å². The van der Waals surface area contributed by atoms with Gasteiger partial charge in [-0.1, -0.05) is 0 Å². The van der Waals surface area contributed by atoms with Crippen molar-refractivity contribution in [2.75, 3.05) is 18.8 Å². The van der Waals surface area contributed by atoms with Gasteiger partial charge in [-0.15, -0.1) is 0 Å². The predicted molar refractivity (Wildman–Crippen MR) is 73.5 cm³/mol. The van der Waals surface area contributed by atoms with Crippen LogP contribution >= 0.6 is 0 Å². The van der Waals surface area contributed by atoms with E-state index < -0.39 is 15.1 Å². The van der Waals surface area contributed by atoms with E-state index in [1.54, 1.807) is 11.8 Å². The van der Waals surface area contributed by atoms with E-state index >= 15 is 0 Å². The Balaban J connectivity index is 1.78. The molecule has 0 saturated carbocycles. The zero-order chi connectivity index (χ0) is 13.9. The topological polar surface area (TPSA) is 59.4 Å². The van der Waals surface area contributed by atoms with Gasteiger partial charge in [-0.2, -0.15) is 0 Å². The fourth-order valence-corrected chi connectivity index (χ4v) is 3.55. The second-order valence-electron chi connectivity index (χ2n) is 5.04. The third-order valence-electron chi connectivity index (χ3n) is 3.56. The molecular weight excluding hydrogens is 264 g/mol. The highest BCUT2D eigenvalue weighted by molar-refractivity contribution is 7.92. The Bertz CT molecular complexity index is 522. The molecule has 0 N–H and O–H groups in total. The zero-order valence-corrected chi connectivity index (χ0v) is 12.0. The van der Waals surface area contributed by atoms with Gasteiger partial charge in [0.05, 0.1) is 11.0 Å². The number of nitrogens with zero attached hydrogens (tertiary/aromatic N) is 2. The van der Waals surface area contributed by atoms with E-state index in [0.29, 0.717) is 19.5 Å². The maximum absolute atomic E-state index is 12.0. The van der Waals surface area contributed by atoms with Crippen molar-refractivity contribution in [3.63, 3.8) is 0 Å². The van der Waals surface area contributed by atoms with E-state index in [9.17, 15) is 13.2 Å². The fraction of sp³-hybridized carbons (Fsp3) is 0.615. The quantitative estimate of drug-likeness (QED) is 0.826. The summed E-state index contributed by atoms with van der Waals surface area (Å²) >= 11 is 0. The molecule has 6 heteroatoms. The van der Waals surface area contributed by atoms with E-state index in [0.717, 1.165) is 13.0 Å². The first-order valence-corrected chi connectivity index (χ1v) is 8.31. The van der Waals surface area contributed by atoms with Gasteiger partial charge < -0.3 is 9.47 Å². The summed E-state index contributed by atoms with van der Waals surface area (Å²) in [5, 5.41) is -0.436. The van der Waals surface area contributed by atoms with Gasteiger partial charge in [-0.25, -0.2) is 8.42 Å². The maximum atomic E-state index is 12.0. The largest absolute Gasteiger partial charge is 0.354 e. The number of hydrogen-bond donors (Lipinski definition) is 0. The molecule has 0 radical (unpaired) electrons. The molecule has 1 fully saturated rings. The number of amides is 1. The summed E-state index contributed by atoms with van der Waals surface area (Å²) < 4.78 is 25.2. The molecule has 1 aromatic heterocycles. The third-order valence-corrected chi connectivity index (χ3v) is 5.69. The molecule has 0 bridgehead atoms. The number of hydrogen-bond acceptors (Lipinski definition) is 3. The van der Waals surface area contributed by atoms with Gasteiger partial charge >= 0.3 is 0 Å². The number of carbonyl (C=O) groups is 1. The van der Waals surface area contributed by atoms with Crippen LogP contribution in [0.15, 0.2) is 24.5 Å². The normalized spacial score (nSPS) is 22.4. The van der Waals surface area contributed by atoms with Crippen LogP contribution in [0.1, 0.15) is 19.8 Å². The number of carbonyl (C=O) groups excluding carboxylic acids is 1. The molecule has 0 aliphatic carbocycles. The van der Waals surface area contributed by atoms with Crippen LogP contribution in [-0.4, -0.2) is 47.9 Å². The SMILES string of the molecule is C[C@@H]1CN(C(=O)CCCn2cccc2)CCS1(=O)=O. The van der Waals surface area contributed by atoms with Crippen molar-refractivity contribution in [2.45, 2.75) is 31.6 Å². The molecule has 1 aliphatic heterocycles. The van der Waals surface area contributed by atoms with Crippen LogP contribution in [0, 0.1) is 0 Å². The van der Waals surface area contributed by atoms with Crippen molar-refractivity contribution in [1.82, 2.24) is 9.47 Å². The molecule has 1 aromatic rings. The first kappa shape index (κ1) is 14.1. The highest BCUT2D eigenvalue weighted by atomic mass is 32.2. The average molecular weight is 284 g/mol. The Morgan fingerprint density at radius 2 is 2.00 bits per heavy atom. The lowest BCUT2D eigenvalue weighted by Crippen LogP contribution is -2.48. The second kappa shape index (κ2) is 5.77. The Hall–Kier alpha value is -1.30. The van der Waals surface area contributed by atoms with Crippen LogP contribution in [0.2, 0.25) is 0 Å². The molecule has 2 heterocycles. The summed E-state index contributed by atoms with van der Waals surface area (Å²) in [6, 6.07) is 3.91. The average Bonchev–Trinajstić information content (AvgIpc) is 2.85. The van der Waals surface area contributed by atoms with E-state index in [-0.39, 0.29) is 11.7 Å². The Morgan fingerprint density at radius 3 is 2.63 bits per heavy atom. The second-order valence-corrected chi connectivity index (χ2v) is 7.58. The highest BCUT2D eigenvalue weighted by Gasteiger charge is 2.31. The van der Waals surface area contributed by atoms with E-state index in [2.05, 4.69) is 0 Å². The van der Waals surface area contributed by atoms with Crippen LogP contribution in [0.25, 0.3) is 0 Å². The summed E-state index contributed by atoms with van der Waals surface area (Å²) in [4.78, 5) is 13.7. The minimum absolute atomic E-state index is 0.0638. The molecule has 1 saturated heterocycles. The van der Waals surface area contributed by atoms with Crippen molar-refractivity contribution in [3.05, 3.63) is 24.5 Å². The van der Waals surface area contributed by atoms with Gasteiger partial charge in [-0.3, -0.25) is 4.79 Å². The smallest absolute Gasteiger partial charge is 0.222 e. The predicted octanol–water partition coefficient (Wildman–Crippen LogP) is 0.914. The molecule has 0 unspecified atom stereocenters. The number of sulfone groups is 1. The lowest BCUT2D eigenvalue weighted by Gasteiger charge is -2.31. The standard InChI is InChI=1S/C13H20N2O3S/c1-12-11-15(9-10-19(12,17)18)13(16)5-4-8-14-6-2-3-7-14/h2-3,6-7,12H,4-5,8-11H2,1H3/t12-/m1/s1. The monoisotopic (exact) mass is 284 g/mol. The summed E-state index contributed by atoms with van der Waals surface area (Å²) in [7, 11) is -2.98. The van der Waals surface area contributed by atoms with E-state index in [1.807, 2.05) is 29.1 Å². The van der Waals surface area contributed by atoms with Crippen molar-refractivity contribution >= 4 is 15.7 Å². The Morgan fingerprint density at radius 1 is 1.32 bits per heavy atom. The minimum Gasteiger partial charge on any atom is -0.354 e. The zero-order valence-electron chi connectivity index (χ0n) is 11.2. The first-order chi connectivity index (χ1) is 8.99. The number of aryl methyl sites for hydroxylation is 1. The van der Waals surface area contributed by atoms with E-state index in [4.69, 9.17) is 0 Å².